The molecule has 4 heterocycles. The molecule has 3 fully saturated rings. The number of carbonyl (C=O) groups excluding carboxylic acids is 2. The van der Waals surface area contributed by atoms with Crippen molar-refractivity contribution in [3.8, 4) is 0 Å². The smallest absolute Gasteiger partial charge is 0.361 e. The van der Waals surface area contributed by atoms with E-state index in [0.717, 1.165) is 55.2 Å². The number of nitrogens with one attached hydrogen (secondary N) is 3. The van der Waals surface area contributed by atoms with Crippen molar-refractivity contribution < 1.29 is 35.9 Å². The van der Waals surface area contributed by atoms with E-state index < -0.39 is 40.4 Å². The van der Waals surface area contributed by atoms with Crippen LogP contribution >= 0.6 is 15.9 Å². The highest BCUT2D eigenvalue weighted by molar-refractivity contribution is 9.09. The molecule has 3 saturated heterocycles. The summed E-state index contributed by atoms with van der Waals surface area (Å²) in [5.41, 5.74) is -1.02. The van der Waals surface area contributed by atoms with Crippen molar-refractivity contribution in [3.05, 3.63) is 70.9 Å². The Balaban J connectivity index is 1.27. The number of unbranched alkanes of at least 4 members (excludes halogenated alkanes) is 1. The van der Waals surface area contributed by atoms with Crippen molar-refractivity contribution in [2.75, 3.05) is 13.1 Å². The second kappa shape index (κ2) is 13.6. The molecule has 3 unspecified atom stereocenters. The molecule has 3 aliphatic heterocycles. The maximum absolute atomic E-state index is 13.7. The van der Waals surface area contributed by atoms with E-state index in [0.29, 0.717) is 12.1 Å². The number of ketones is 1. The number of nitrogens with zero attached hydrogens (tertiary/aromatic N) is 1. The predicted octanol–water partition coefficient (Wildman–Crippen LogP) is 8.51. The minimum absolute atomic E-state index is 0.0327. The number of halogens is 7. The molecular formula is C33H37BrF6N4O2. The van der Waals surface area contributed by atoms with Crippen molar-refractivity contribution in [3.63, 3.8) is 0 Å². The summed E-state index contributed by atoms with van der Waals surface area (Å²) in [6.45, 7) is 3.97. The highest BCUT2D eigenvalue weighted by atomic mass is 79.9. The summed E-state index contributed by atoms with van der Waals surface area (Å²) in [5, 5.41) is 6.81. The first-order chi connectivity index (χ1) is 21.7. The highest BCUT2D eigenvalue weighted by Crippen LogP contribution is 2.45. The molecule has 0 radical (unpaired) electrons. The third-order valence-corrected chi connectivity index (χ3v) is 10.6. The Hall–Kier alpha value is -3.06. The van der Waals surface area contributed by atoms with Crippen molar-refractivity contribution in [2.45, 2.75) is 87.7 Å². The van der Waals surface area contributed by atoms with Gasteiger partial charge in [0.15, 0.2) is 5.78 Å². The largest absolute Gasteiger partial charge is 0.416 e. The summed E-state index contributed by atoms with van der Waals surface area (Å²) in [4.78, 5) is 31.8. The van der Waals surface area contributed by atoms with Crippen LogP contribution in [-0.2, 0) is 23.6 Å². The Morgan fingerprint density at radius 2 is 1.67 bits per heavy atom. The second-order valence-corrected chi connectivity index (χ2v) is 13.5. The van der Waals surface area contributed by atoms with E-state index in [4.69, 9.17) is 0 Å². The number of alkyl halides is 7. The van der Waals surface area contributed by atoms with Gasteiger partial charge in [0.05, 0.1) is 22.1 Å². The number of urea groups is 1. The van der Waals surface area contributed by atoms with Crippen molar-refractivity contribution in [1.82, 2.24) is 20.5 Å². The van der Waals surface area contributed by atoms with Gasteiger partial charge in [0.1, 0.15) is 6.04 Å². The molecule has 3 N–H and O–H groups in total. The molecule has 0 saturated carbocycles. The van der Waals surface area contributed by atoms with Gasteiger partial charge in [-0.2, -0.15) is 26.3 Å². The summed E-state index contributed by atoms with van der Waals surface area (Å²) >= 11 is 3.65. The van der Waals surface area contributed by atoms with Gasteiger partial charge in [0.2, 0.25) is 0 Å². The Bertz CT molecular complexity index is 1510. The molecule has 250 valence electrons. The summed E-state index contributed by atoms with van der Waals surface area (Å²) in [6, 6.07) is 7.61. The van der Waals surface area contributed by atoms with Crippen LogP contribution < -0.4 is 10.6 Å². The monoisotopic (exact) mass is 714 g/mol. The average Bonchev–Trinajstić information content (AvgIpc) is 3.45. The van der Waals surface area contributed by atoms with E-state index in [9.17, 15) is 35.9 Å². The molecule has 6 rings (SSSR count). The van der Waals surface area contributed by atoms with Gasteiger partial charge in [-0.1, -0.05) is 47.5 Å². The zero-order valence-corrected chi connectivity index (χ0v) is 26.9. The van der Waals surface area contributed by atoms with Crippen LogP contribution in [0, 0.1) is 5.41 Å². The molecule has 0 aliphatic carbocycles. The lowest BCUT2D eigenvalue weighted by Crippen LogP contribution is -2.62. The first-order valence-corrected chi connectivity index (χ1v) is 16.4. The summed E-state index contributed by atoms with van der Waals surface area (Å²) in [5.74, 6) is -0.308. The molecule has 3 atom stereocenters. The van der Waals surface area contributed by atoms with Gasteiger partial charge in [-0.3, -0.25) is 9.69 Å². The van der Waals surface area contributed by atoms with Crippen molar-refractivity contribution >= 4 is 38.6 Å². The van der Waals surface area contributed by atoms with E-state index >= 15 is 0 Å². The average molecular weight is 716 g/mol. The van der Waals surface area contributed by atoms with Gasteiger partial charge >= 0.3 is 18.4 Å². The summed E-state index contributed by atoms with van der Waals surface area (Å²) < 4.78 is 79.7. The number of hydrogen-bond donors (Lipinski definition) is 3. The Morgan fingerprint density at radius 1 is 1.02 bits per heavy atom. The number of hydrogen-bond acceptors (Lipinski definition) is 3. The van der Waals surface area contributed by atoms with Crippen molar-refractivity contribution in [1.29, 1.82) is 0 Å². The molecule has 3 aliphatic rings. The number of Topliss-reactive ketones (excluding diaryl/α,β-unsaturated/α-hetero) is 1. The van der Waals surface area contributed by atoms with E-state index in [1.165, 1.54) is 0 Å². The fourth-order valence-corrected chi connectivity index (χ4v) is 7.60. The lowest BCUT2D eigenvalue weighted by atomic mass is 9.69. The van der Waals surface area contributed by atoms with Crippen LogP contribution in [0.15, 0.2) is 48.7 Å². The molecule has 3 aromatic rings. The highest BCUT2D eigenvalue weighted by Gasteiger charge is 2.44. The van der Waals surface area contributed by atoms with E-state index in [1.54, 1.807) is 6.20 Å². The molecule has 13 heteroatoms. The number of para-hydroxylation sites is 1. The first kappa shape index (κ1) is 34.3. The van der Waals surface area contributed by atoms with Crippen LogP contribution in [0.3, 0.4) is 0 Å². The molecule has 2 aromatic carbocycles. The molecule has 46 heavy (non-hydrogen) atoms. The van der Waals surface area contributed by atoms with Crippen LogP contribution in [0.5, 0.6) is 0 Å². The minimum atomic E-state index is -4.93. The normalized spacial score (nSPS) is 22.9. The molecule has 0 spiro atoms. The van der Waals surface area contributed by atoms with Crippen LogP contribution in [0.1, 0.15) is 79.0 Å². The van der Waals surface area contributed by atoms with Crippen LogP contribution in [0.25, 0.3) is 10.9 Å². The number of aryl methyl sites for hydroxylation is 1. The number of fused-ring (bicyclic) bond motifs is 4. The standard InChI is InChI=1S/C33H37BrF6N4O2/c1-2-31-11-13-44(14-12-31)27(18-31)42-30(46)43-29(28(34)24-19-41-25-9-5-4-8-23(24)25)26(45)10-6-3-7-20-15-21(32(35,36)37)17-22(16-20)33(38,39)40/h4-5,8-9,15-17,19,27-29,41H,2-3,6-7,10-14,18H2,1H3,(H2,42,43,46). The van der Waals surface area contributed by atoms with Gasteiger partial charge in [0.25, 0.3) is 0 Å². The predicted molar refractivity (Wildman–Crippen MR) is 166 cm³/mol. The SMILES string of the molecule is CCC12CCN(CC1)C(NC(=O)NC(C(=O)CCCCc1cc(C(F)(F)F)cc(C(F)(F)F)c1)C(Br)c1c[nH]c3ccccc13)C2. The maximum atomic E-state index is 13.7. The fraction of sp³-hybridized carbons (Fsp3) is 0.515. The second-order valence-electron chi connectivity index (χ2n) is 12.5. The molecule has 2 bridgehead atoms. The number of H-pyrrole nitrogens is 1. The number of amides is 2. The Kier molecular flexibility index (Phi) is 10.1. The van der Waals surface area contributed by atoms with Gasteiger partial charge in [-0.15, -0.1) is 0 Å². The van der Waals surface area contributed by atoms with Gasteiger partial charge in [-0.05, 0) is 79.3 Å². The number of carbonyl (C=O) groups is 2. The minimum Gasteiger partial charge on any atom is -0.361 e. The van der Waals surface area contributed by atoms with Crippen LogP contribution in [0.4, 0.5) is 31.1 Å². The number of aromatic nitrogens is 1. The molecular weight excluding hydrogens is 678 g/mol. The lowest BCUT2D eigenvalue weighted by Gasteiger charge is -2.52. The topological polar surface area (TPSA) is 77.2 Å². The third-order valence-electron chi connectivity index (χ3n) is 9.60. The quantitative estimate of drug-likeness (QED) is 0.106. The van der Waals surface area contributed by atoms with Gasteiger partial charge in [0, 0.05) is 36.6 Å². The van der Waals surface area contributed by atoms with E-state index in [-0.39, 0.29) is 54.7 Å². The maximum Gasteiger partial charge on any atom is 0.416 e. The van der Waals surface area contributed by atoms with E-state index in [1.807, 2.05) is 24.3 Å². The third kappa shape index (κ3) is 7.73. The number of aromatic amines is 1. The molecule has 2 amide bonds. The van der Waals surface area contributed by atoms with Crippen molar-refractivity contribution in [2.24, 2.45) is 5.41 Å². The zero-order valence-electron chi connectivity index (χ0n) is 25.3. The number of piperidine rings is 3. The summed E-state index contributed by atoms with van der Waals surface area (Å²) in [6.07, 6.45) is -3.90. The first-order valence-electron chi connectivity index (χ1n) is 15.5. The Labute approximate surface area is 271 Å². The fourth-order valence-electron chi connectivity index (χ4n) is 6.79. The number of rotatable bonds is 11. The van der Waals surface area contributed by atoms with Crippen LogP contribution in [-0.4, -0.2) is 47.0 Å². The summed E-state index contributed by atoms with van der Waals surface area (Å²) in [7, 11) is 0. The molecule has 1 aromatic heterocycles. The van der Waals surface area contributed by atoms with Gasteiger partial charge < -0.3 is 15.6 Å². The number of benzene rings is 2. The Morgan fingerprint density at radius 3 is 2.30 bits per heavy atom. The van der Waals surface area contributed by atoms with Gasteiger partial charge in [-0.25, -0.2) is 4.79 Å². The van der Waals surface area contributed by atoms with Crippen LogP contribution in [0.2, 0.25) is 0 Å². The molecule has 6 nitrogen and oxygen atoms in total. The lowest BCUT2D eigenvalue weighted by molar-refractivity contribution is -0.143. The zero-order chi connectivity index (χ0) is 33.3. The van der Waals surface area contributed by atoms with E-state index in [2.05, 4.69) is 43.4 Å².